The lowest BCUT2D eigenvalue weighted by Gasteiger charge is -2.08. The molecule has 3 rings (SSSR count). The molecule has 0 atom stereocenters. The van der Waals surface area contributed by atoms with E-state index in [0.717, 1.165) is 16.9 Å². The Kier molecular flexibility index (Phi) is 4.23. The molecule has 0 radical (unpaired) electrons. The number of anilines is 1. The molecule has 1 aliphatic heterocycles. The molecule has 6 nitrogen and oxygen atoms in total. The van der Waals surface area contributed by atoms with Gasteiger partial charge in [-0.2, -0.15) is 8.42 Å². The maximum atomic E-state index is 12.1. The number of fused-ring (bicyclic) bond motifs is 1. The van der Waals surface area contributed by atoms with E-state index in [1.54, 1.807) is 30.5 Å². The highest BCUT2D eigenvalue weighted by Gasteiger charge is 2.19. The molecule has 0 saturated heterocycles. The van der Waals surface area contributed by atoms with Gasteiger partial charge in [-0.1, -0.05) is 17.7 Å². The summed E-state index contributed by atoms with van der Waals surface area (Å²) in [6.45, 7) is 2.44. The average Bonchev–Trinajstić information content (AvgIpc) is 2.88. The molecule has 2 aromatic rings. The Bertz CT molecular complexity index is 803. The Morgan fingerprint density at radius 2 is 2.04 bits per heavy atom. The predicted molar refractivity (Wildman–Crippen MR) is 86.2 cm³/mol. The maximum absolute atomic E-state index is 12.1. The molecule has 1 aliphatic rings. The minimum Gasteiger partial charge on any atom is -0.469 e. The van der Waals surface area contributed by atoms with Crippen molar-refractivity contribution in [3.63, 3.8) is 0 Å². The summed E-state index contributed by atoms with van der Waals surface area (Å²) >= 11 is 0. The molecule has 0 fully saturated rings. The summed E-state index contributed by atoms with van der Waals surface area (Å²) in [6.07, 6.45) is 2.16. The fourth-order valence-corrected chi connectivity index (χ4v) is 3.19. The lowest BCUT2D eigenvalue weighted by Crippen LogP contribution is -2.15. The van der Waals surface area contributed by atoms with Gasteiger partial charge in [0.25, 0.3) is 10.1 Å². The van der Waals surface area contributed by atoms with E-state index in [1.165, 1.54) is 0 Å². The van der Waals surface area contributed by atoms with Crippen molar-refractivity contribution in [2.75, 3.05) is 25.3 Å². The fourth-order valence-electron chi connectivity index (χ4n) is 2.28. The van der Waals surface area contributed by atoms with Crippen molar-refractivity contribution in [2.45, 2.75) is 18.2 Å². The molecule has 2 heterocycles. The quantitative estimate of drug-likeness (QED) is 0.780. The predicted octanol–water partition coefficient (Wildman–Crippen LogP) is 2.12. The molecule has 7 heteroatoms. The van der Waals surface area contributed by atoms with Gasteiger partial charge in [0.2, 0.25) is 0 Å². The molecule has 0 spiro atoms. The summed E-state index contributed by atoms with van der Waals surface area (Å²) in [5, 5.41) is 0. The van der Waals surface area contributed by atoms with Gasteiger partial charge in [0.05, 0.1) is 11.5 Å². The van der Waals surface area contributed by atoms with E-state index >= 15 is 0 Å². The van der Waals surface area contributed by atoms with Gasteiger partial charge in [0, 0.05) is 13.2 Å². The van der Waals surface area contributed by atoms with Crippen LogP contribution in [0.5, 0.6) is 5.75 Å². The normalized spacial score (nSPS) is 13.7. The van der Waals surface area contributed by atoms with Gasteiger partial charge in [-0.3, -0.25) is 4.18 Å². The van der Waals surface area contributed by atoms with Crippen LogP contribution < -0.4 is 9.64 Å². The summed E-state index contributed by atoms with van der Waals surface area (Å²) in [4.78, 5) is 6.39. The highest BCUT2D eigenvalue weighted by atomic mass is 32.2. The number of rotatable bonds is 5. The first-order valence-corrected chi connectivity index (χ1v) is 8.65. The van der Waals surface area contributed by atoms with Gasteiger partial charge >= 0.3 is 0 Å². The van der Waals surface area contributed by atoms with Crippen LogP contribution in [-0.2, 0) is 20.7 Å². The minimum atomic E-state index is -3.73. The SMILES string of the molecule is Cc1ccc(S(=O)(=O)OCCc2cnc3c(c2)OCN3C)cc1. The molecule has 23 heavy (non-hydrogen) atoms. The summed E-state index contributed by atoms with van der Waals surface area (Å²) in [5.74, 6) is 1.51. The molecule has 0 saturated carbocycles. The molecule has 122 valence electrons. The number of benzene rings is 1. The number of hydrogen-bond acceptors (Lipinski definition) is 6. The molecular weight excluding hydrogens is 316 g/mol. The van der Waals surface area contributed by atoms with Crippen molar-refractivity contribution in [1.29, 1.82) is 0 Å². The number of aryl methyl sites for hydroxylation is 1. The van der Waals surface area contributed by atoms with Crippen LogP contribution in [-0.4, -0.2) is 33.8 Å². The van der Waals surface area contributed by atoms with Crippen LogP contribution >= 0.6 is 0 Å². The minimum absolute atomic E-state index is 0.0620. The Labute approximate surface area is 135 Å². The number of nitrogens with zero attached hydrogens (tertiary/aromatic N) is 2. The van der Waals surface area contributed by atoms with Gasteiger partial charge in [-0.15, -0.1) is 0 Å². The molecule has 0 bridgehead atoms. The van der Waals surface area contributed by atoms with E-state index in [4.69, 9.17) is 8.92 Å². The van der Waals surface area contributed by atoms with Crippen molar-refractivity contribution < 1.29 is 17.3 Å². The van der Waals surface area contributed by atoms with Crippen LogP contribution in [0, 0.1) is 6.92 Å². The second-order valence-corrected chi connectivity index (χ2v) is 7.09. The third-order valence-corrected chi connectivity index (χ3v) is 4.93. The largest absolute Gasteiger partial charge is 0.469 e. The van der Waals surface area contributed by atoms with E-state index in [2.05, 4.69) is 4.98 Å². The highest BCUT2D eigenvalue weighted by molar-refractivity contribution is 7.86. The van der Waals surface area contributed by atoms with Crippen LogP contribution in [0.15, 0.2) is 41.4 Å². The van der Waals surface area contributed by atoms with Crippen molar-refractivity contribution >= 4 is 15.9 Å². The summed E-state index contributed by atoms with van der Waals surface area (Å²) in [7, 11) is -1.83. The van der Waals surface area contributed by atoms with Crippen LogP contribution in [0.3, 0.4) is 0 Å². The standard InChI is InChI=1S/C16H18N2O4S/c1-12-3-5-14(6-4-12)23(19,20)22-8-7-13-9-15-16(17-10-13)18(2)11-21-15/h3-6,9-10H,7-8,11H2,1-2H3. The number of ether oxygens (including phenoxy) is 1. The topological polar surface area (TPSA) is 68.7 Å². The Hall–Kier alpha value is -2.12. The van der Waals surface area contributed by atoms with Gasteiger partial charge in [-0.05, 0) is 37.1 Å². The average molecular weight is 334 g/mol. The van der Waals surface area contributed by atoms with Crippen molar-refractivity contribution in [3.8, 4) is 5.75 Å². The molecule has 0 aliphatic carbocycles. The highest BCUT2D eigenvalue weighted by Crippen LogP contribution is 2.31. The van der Waals surface area contributed by atoms with E-state index in [-0.39, 0.29) is 11.5 Å². The molecule has 0 unspecified atom stereocenters. The van der Waals surface area contributed by atoms with Gasteiger partial charge in [-0.25, -0.2) is 4.98 Å². The fraction of sp³-hybridized carbons (Fsp3) is 0.312. The van der Waals surface area contributed by atoms with E-state index in [1.807, 2.05) is 24.9 Å². The monoisotopic (exact) mass is 334 g/mol. The van der Waals surface area contributed by atoms with E-state index < -0.39 is 10.1 Å². The number of hydrogen-bond donors (Lipinski definition) is 0. The first-order valence-electron chi connectivity index (χ1n) is 7.25. The van der Waals surface area contributed by atoms with Gasteiger partial charge in [0.1, 0.15) is 0 Å². The third kappa shape index (κ3) is 3.46. The Morgan fingerprint density at radius 1 is 1.30 bits per heavy atom. The van der Waals surface area contributed by atoms with Crippen molar-refractivity contribution in [2.24, 2.45) is 0 Å². The smallest absolute Gasteiger partial charge is 0.296 e. The molecular formula is C16H18N2O4S. The summed E-state index contributed by atoms with van der Waals surface area (Å²) < 4.78 is 34.8. The molecule has 0 amide bonds. The lowest BCUT2D eigenvalue weighted by molar-refractivity contribution is 0.321. The zero-order valence-corrected chi connectivity index (χ0v) is 13.8. The second-order valence-electron chi connectivity index (χ2n) is 5.48. The van der Waals surface area contributed by atoms with E-state index in [9.17, 15) is 8.42 Å². The summed E-state index contributed by atoms with van der Waals surface area (Å²) in [6, 6.07) is 8.45. The Balaban J connectivity index is 1.62. The first-order chi connectivity index (χ1) is 11.0. The Morgan fingerprint density at radius 3 is 2.78 bits per heavy atom. The van der Waals surface area contributed by atoms with Gasteiger partial charge < -0.3 is 9.64 Å². The molecule has 1 aromatic carbocycles. The maximum Gasteiger partial charge on any atom is 0.296 e. The van der Waals surface area contributed by atoms with Crippen molar-refractivity contribution in [3.05, 3.63) is 47.7 Å². The third-order valence-electron chi connectivity index (χ3n) is 3.60. The molecule has 1 aromatic heterocycles. The zero-order valence-electron chi connectivity index (χ0n) is 13.0. The van der Waals surface area contributed by atoms with E-state index in [0.29, 0.717) is 18.9 Å². The second kappa shape index (κ2) is 6.17. The first kappa shape index (κ1) is 15.8. The van der Waals surface area contributed by atoms with Crippen LogP contribution in [0.4, 0.5) is 5.82 Å². The van der Waals surface area contributed by atoms with Gasteiger partial charge in [0.15, 0.2) is 18.3 Å². The molecule has 0 N–H and O–H groups in total. The summed E-state index contributed by atoms with van der Waals surface area (Å²) in [5.41, 5.74) is 1.87. The van der Waals surface area contributed by atoms with Crippen LogP contribution in [0.25, 0.3) is 0 Å². The zero-order chi connectivity index (χ0) is 16.4. The number of aromatic nitrogens is 1. The lowest BCUT2D eigenvalue weighted by atomic mass is 10.2. The van der Waals surface area contributed by atoms with Crippen molar-refractivity contribution in [1.82, 2.24) is 4.98 Å². The van der Waals surface area contributed by atoms with Crippen LogP contribution in [0.1, 0.15) is 11.1 Å². The van der Waals surface area contributed by atoms with Crippen LogP contribution in [0.2, 0.25) is 0 Å². The number of pyridine rings is 1.